The van der Waals surface area contributed by atoms with E-state index in [1.165, 1.54) is 0 Å². The lowest BCUT2D eigenvalue weighted by Gasteiger charge is -2.39. The van der Waals surface area contributed by atoms with Crippen LogP contribution in [0.25, 0.3) is 0 Å². The highest BCUT2D eigenvalue weighted by Crippen LogP contribution is 2.52. The average molecular weight is 622 g/mol. The van der Waals surface area contributed by atoms with Gasteiger partial charge in [0.25, 0.3) is 0 Å². The van der Waals surface area contributed by atoms with Gasteiger partial charge < -0.3 is 15.0 Å². The van der Waals surface area contributed by atoms with Crippen molar-refractivity contribution in [2.75, 3.05) is 26.2 Å². The molecular weight excluding hydrogens is 583 g/mol. The molecule has 1 saturated heterocycles. The molecule has 226 valence electrons. The summed E-state index contributed by atoms with van der Waals surface area (Å²) in [5.74, 6) is 0.960. The third kappa shape index (κ3) is 5.98. The number of amides is 3. The first-order chi connectivity index (χ1) is 20.5. The molecule has 0 aliphatic carbocycles. The number of ether oxygens (including phenoxy) is 1. The Balaban J connectivity index is 1.79. The monoisotopic (exact) mass is 620 g/mol. The van der Waals surface area contributed by atoms with Crippen LogP contribution in [0.5, 0.6) is 5.75 Å². The number of benzene rings is 3. The summed E-state index contributed by atoms with van der Waals surface area (Å²) in [5, 5.41) is 4.04. The topological polar surface area (TPSA) is 74.2 Å². The number of amidine groups is 1. The summed E-state index contributed by atoms with van der Waals surface area (Å²) in [6, 6.07) is 20.5. The number of hydrogen-bond acceptors (Lipinski definition) is 4. The van der Waals surface area contributed by atoms with Gasteiger partial charge in [0, 0.05) is 23.1 Å². The molecule has 5 rings (SSSR count). The minimum Gasteiger partial charge on any atom is -0.493 e. The van der Waals surface area contributed by atoms with E-state index < -0.39 is 11.6 Å². The number of halogens is 2. The van der Waals surface area contributed by atoms with Gasteiger partial charge in [-0.15, -0.1) is 0 Å². The highest BCUT2D eigenvalue weighted by atomic mass is 35.5. The molecule has 0 bridgehead atoms. The zero-order chi connectivity index (χ0) is 30.9. The smallest absolute Gasteiger partial charge is 0.326 e. The molecule has 43 heavy (non-hydrogen) atoms. The number of urea groups is 1. The van der Waals surface area contributed by atoms with Gasteiger partial charge >= 0.3 is 6.03 Å². The SMILES string of the molecule is CCOc1cc(C(C)(C)C)ccc1C1=N[C@@](CC)(c2ccc(Cl)cc2)[C@@H](c2ccc(Cl)cc2)N1C(=O)N1CCNC(=O)C1. The van der Waals surface area contributed by atoms with Gasteiger partial charge in [-0.05, 0) is 71.8 Å². The molecule has 3 aromatic rings. The maximum Gasteiger partial charge on any atom is 0.326 e. The average Bonchev–Trinajstić information content (AvgIpc) is 3.33. The fourth-order valence-electron chi connectivity index (χ4n) is 5.94. The normalized spacial score (nSPS) is 20.6. The molecule has 2 atom stereocenters. The summed E-state index contributed by atoms with van der Waals surface area (Å²) in [7, 11) is 0. The first-order valence-corrected chi connectivity index (χ1v) is 15.5. The molecular formula is C34H38Cl2N4O3. The lowest BCUT2D eigenvalue weighted by molar-refractivity contribution is -0.123. The van der Waals surface area contributed by atoms with E-state index in [0.717, 1.165) is 16.7 Å². The predicted octanol–water partition coefficient (Wildman–Crippen LogP) is 7.35. The molecule has 7 nitrogen and oxygen atoms in total. The van der Waals surface area contributed by atoms with Gasteiger partial charge in [-0.1, -0.05) is 81.2 Å². The molecule has 3 amide bonds. The molecule has 0 radical (unpaired) electrons. The summed E-state index contributed by atoms with van der Waals surface area (Å²) >= 11 is 12.7. The van der Waals surface area contributed by atoms with Crippen molar-refractivity contribution in [3.8, 4) is 5.75 Å². The van der Waals surface area contributed by atoms with Crippen molar-refractivity contribution in [1.82, 2.24) is 15.1 Å². The van der Waals surface area contributed by atoms with Gasteiger partial charge in [0.1, 0.15) is 23.7 Å². The number of carbonyl (C=O) groups is 2. The number of rotatable bonds is 6. The fourth-order valence-corrected chi connectivity index (χ4v) is 6.19. The van der Waals surface area contributed by atoms with E-state index in [1.807, 2.05) is 67.6 Å². The van der Waals surface area contributed by atoms with E-state index in [4.69, 9.17) is 32.9 Å². The Bertz CT molecular complexity index is 1530. The van der Waals surface area contributed by atoms with Crippen molar-refractivity contribution in [1.29, 1.82) is 0 Å². The Kier molecular flexibility index (Phi) is 8.77. The van der Waals surface area contributed by atoms with Gasteiger partial charge in [-0.3, -0.25) is 14.7 Å². The predicted molar refractivity (Wildman–Crippen MR) is 172 cm³/mol. The highest BCUT2D eigenvalue weighted by Gasteiger charge is 2.53. The Morgan fingerprint density at radius 2 is 1.67 bits per heavy atom. The third-order valence-corrected chi connectivity index (χ3v) is 8.72. The van der Waals surface area contributed by atoms with Crippen molar-refractivity contribution in [2.45, 2.75) is 58.0 Å². The van der Waals surface area contributed by atoms with Gasteiger partial charge in [-0.25, -0.2) is 4.79 Å². The summed E-state index contributed by atoms with van der Waals surface area (Å²) in [5.41, 5.74) is 2.64. The summed E-state index contributed by atoms with van der Waals surface area (Å²) in [6.45, 7) is 11.7. The van der Waals surface area contributed by atoms with Crippen molar-refractivity contribution in [2.24, 2.45) is 4.99 Å². The zero-order valence-corrected chi connectivity index (χ0v) is 26.8. The number of nitrogens with zero attached hydrogens (tertiary/aromatic N) is 3. The van der Waals surface area contributed by atoms with E-state index in [-0.39, 0.29) is 23.9 Å². The Morgan fingerprint density at radius 1 is 1.02 bits per heavy atom. The molecule has 1 fully saturated rings. The number of hydrogen-bond donors (Lipinski definition) is 1. The maximum atomic E-state index is 14.7. The van der Waals surface area contributed by atoms with Crippen molar-refractivity contribution >= 4 is 41.0 Å². The number of piperazine rings is 1. The maximum absolute atomic E-state index is 14.7. The first-order valence-electron chi connectivity index (χ1n) is 14.7. The first kappa shape index (κ1) is 30.9. The third-order valence-electron chi connectivity index (χ3n) is 8.22. The van der Waals surface area contributed by atoms with Crippen molar-refractivity contribution in [3.63, 3.8) is 0 Å². The molecule has 0 aromatic heterocycles. The quantitative estimate of drug-likeness (QED) is 0.313. The van der Waals surface area contributed by atoms with E-state index in [1.54, 1.807) is 9.80 Å². The van der Waals surface area contributed by atoms with Crippen LogP contribution < -0.4 is 10.1 Å². The largest absolute Gasteiger partial charge is 0.493 e. The molecule has 0 unspecified atom stereocenters. The van der Waals surface area contributed by atoms with Crippen LogP contribution >= 0.6 is 23.2 Å². The lowest BCUT2D eigenvalue weighted by atomic mass is 9.78. The van der Waals surface area contributed by atoms with Gasteiger partial charge in [0.05, 0.1) is 18.2 Å². The van der Waals surface area contributed by atoms with Crippen LogP contribution in [-0.2, 0) is 15.7 Å². The minimum atomic E-state index is -0.867. The molecule has 3 aromatic carbocycles. The van der Waals surface area contributed by atoms with E-state index in [2.05, 4.69) is 39.1 Å². The van der Waals surface area contributed by atoms with Gasteiger partial charge in [0.2, 0.25) is 5.91 Å². The summed E-state index contributed by atoms with van der Waals surface area (Å²) in [6.07, 6.45) is 0.583. The second-order valence-corrected chi connectivity index (χ2v) is 12.9. The van der Waals surface area contributed by atoms with E-state index in [9.17, 15) is 9.59 Å². The zero-order valence-electron chi connectivity index (χ0n) is 25.3. The van der Waals surface area contributed by atoms with Crippen molar-refractivity contribution in [3.05, 3.63) is 99.0 Å². The number of aliphatic imine (C=N–C) groups is 1. The van der Waals surface area contributed by atoms with Crippen LogP contribution in [0.2, 0.25) is 10.0 Å². The molecule has 0 saturated carbocycles. The van der Waals surface area contributed by atoms with Crippen LogP contribution in [0.4, 0.5) is 4.79 Å². The van der Waals surface area contributed by atoms with Gasteiger partial charge in [0.15, 0.2) is 0 Å². The fraction of sp³-hybridized carbons (Fsp3) is 0.382. The molecule has 2 aliphatic heterocycles. The second kappa shape index (κ2) is 12.2. The van der Waals surface area contributed by atoms with E-state index in [0.29, 0.717) is 53.3 Å². The minimum absolute atomic E-state index is 0.0305. The summed E-state index contributed by atoms with van der Waals surface area (Å²) < 4.78 is 6.22. The Labute approximate surface area is 263 Å². The Hall–Kier alpha value is -3.55. The lowest BCUT2D eigenvalue weighted by Crippen LogP contribution is -2.55. The van der Waals surface area contributed by atoms with Gasteiger partial charge in [-0.2, -0.15) is 0 Å². The van der Waals surface area contributed by atoms with Crippen LogP contribution in [0.15, 0.2) is 71.7 Å². The van der Waals surface area contributed by atoms with Crippen molar-refractivity contribution < 1.29 is 14.3 Å². The highest BCUT2D eigenvalue weighted by molar-refractivity contribution is 6.30. The van der Waals surface area contributed by atoms with E-state index >= 15 is 0 Å². The summed E-state index contributed by atoms with van der Waals surface area (Å²) in [4.78, 5) is 35.9. The molecule has 2 heterocycles. The standard InChI is InChI=1S/C34H38Cl2N4O3/c1-6-34(23-10-15-26(36)16-11-23)30(22-8-13-25(35)14-9-22)40(32(42)39-19-18-37-29(41)21-39)31(38-34)27-17-12-24(33(3,4)5)20-28(27)43-7-2/h8-17,20,30H,6-7,18-19,21H2,1-5H3,(H,37,41)/t30-,34+/m1/s1. The molecule has 0 spiro atoms. The molecule has 9 heteroatoms. The molecule has 2 aliphatic rings. The van der Waals surface area contributed by atoms with Crippen LogP contribution in [-0.4, -0.2) is 53.8 Å². The second-order valence-electron chi connectivity index (χ2n) is 12.0. The van der Waals surface area contributed by atoms with Crippen LogP contribution in [0.3, 0.4) is 0 Å². The molecule has 1 N–H and O–H groups in total. The van der Waals surface area contributed by atoms with Crippen LogP contribution in [0, 0.1) is 0 Å². The van der Waals surface area contributed by atoms with Crippen LogP contribution in [0.1, 0.15) is 69.3 Å². The number of nitrogens with one attached hydrogen (secondary N) is 1. The Morgan fingerprint density at radius 3 is 2.26 bits per heavy atom. The number of carbonyl (C=O) groups excluding carboxylic acids is 2.